The lowest BCUT2D eigenvalue weighted by atomic mass is 9.76. The number of fused-ring (bicyclic) bond motifs is 2. The number of urea groups is 1. The van der Waals surface area contributed by atoms with Crippen molar-refractivity contribution >= 4 is 29.2 Å². The predicted octanol–water partition coefficient (Wildman–Crippen LogP) is 3.56. The molecular weight excluding hydrogens is 448 g/mol. The number of hydrogen-bond acceptors (Lipinski definition) is 5. The van der Waals surface area contributed by atoms with Crippen LogP contribution in [0.25, 0.3) is 11.3 Å². The number of rotatable bonds is 6. The smallest absolute Gasteiger partial charge is 0.325 e. The number of nitrogens with zero attached hydrogens (tertiary/aromatic N) is 2. The Hall–Kier alpha value is -3.52. The highest BCUT2D eigenvalue weighted by molar-refractivity contribution is 7.09. The van der Waals surface area contributed by atoms with Crippen LogP contribution in [0.3, 0.4) is 0 Å². The summed E-state index contributed by atoms with van der Waals surface area (Å²) >= 11 is 1.62. The minimum atomic E-state index is -1.05. The molecule has 1 spiro atoms. The first kappa shape index (κ1) is 22.3. The van der Waals surface area contributed by atoms with Gasteiger partial charge in [0, 0.05) is 17.5 Å². The minimum Gasteiger partial charge on any atom is -0.354 e. The largest absolute Gasteiger partial charge is 0.354 e. The number of carbonyl (C=O) groups excluding carboxylic acids is 3. The predicted molar refractivity (Wildman–Crippen MR) is 130 cm³/mol. The second-order valence-corrected chi connectivity index (χ2v) is 9.85. The molecule has 3 aromatic rings. The van der Waals surface area contributed by atoms with Gasteiger partial charge in [0.05, 0.1) is 10.7 Å². The van der Waals surface area contributed by atoms with E-state index < -0.39 is 11.6 Å². The fourth-order valence-electron chi connectivity index (χ4n) is 4.84. The van der Waals surface area contributed by atoms with Crippen LogP contribution < -0.4 is 10.6 Å². The number of nitrogens with one attached hydrogen (secondary N) is 2. The van der Waals surface area contributed by atoms with Gasteiger partial charge < -0.3 is 10.6 Å². The molecule has 8 heteroatoms. The van der Waals surface area contributed by atoms with E-state index in [0.29, 0.717) is 19.4 Å². The van der Waals surface area contributed by atoms with E-state index in [4.69, 9.17) is 0 Å². The summed E-state index contributed by atoms with van der Waals surface area (Å²) in [7, 11) is 0. The van der Waals surface area contributed by atoms with Crippen molar-refractivity contribution in [2.45, 2.75) is 38.1 Å². The summed E-state index contributed by atoms with van der Waals surface area (Å²) in [6, 6.07) is 15.3. The second kappa shape index (κ2) is 9.02. The Morgan fingerprint density at radius 3 is 2.74 bits per heavy atom. The van der Waals surface area contributed by atoms with Gasteiger partial charge in [-0.15, -0.1) is 11.3 Å². The van der Waals surface area contributed by atoms with Crippen LogP contribution in [-0.4, -0.2) is 40.8 Å². The molecule has 2 aliphatic rings. The number of aromatic nitrogens is 1. The molecule has 1 unspecified atom stereocenters. The van der Waals surface area contributed by atoms with Gasteiger partial charge in [0.25, 0.3) is 5.91 Å². The van der Waals surface area contributed by atoms with E-state index in [1.807, 2.05) is 60.8 Å². The topological polar surface area (TPSA) is 91.4 Å². The molecule has 2 heterocycles. The van der Waals surface area contributed by atoms with Gasteiger partial charge in [-0.1, -0.05) is 48.5 Å². The van der Waals surface area contributed by atoms with Gasteiger partial charge in [-0.25, -0.2) is 9.78 Å². The molecule has 1 saturated heterocycles. The van der Waals surface area contributed by atoms with E-state index >= 15 is 0 Å². The van der Waals surface area contributed by atoms with E-state index in [0.717, 1.165) is 50.7 Å². The summed E-state index contributed by atoms with van der Waals surface area (Å²) in [6.07, 6.45) is 2.89. The van der Waals surface area contributed by atoms with E-state index in [2.05, 4.69) is 15.6 Å². The molecule has 1 aromatic heterocycles. The molecule has 1 aliphatic heterocycles. The van der Waals surface area contributed by atoms with E-state index in [1.54, 1.807) is 11.3 Å². The van der Waals surface area contributed by atoms with Crippen LogP contribution in [0.5, 0.6) is 0 Å². The zero-order valence-corrected chi connectivity index (χ0v) is 19.8. The van der Waals surface area contributed by atoms with Crippen molar-refractivity contribution in [3.8, 4) is 11.3 Å². The first-order valence-corrected chi connectivity index (χ1v) is 12.3. The van der Waals surface area contributed by atoms with Crippen LogP contribution in [-0.2, 0) is 28.0 Å². The highest BCUT2D eigenvalue weighted by Crippen LogP contribution is 2.39. The fraction of sp³-hybridized carbons (Fsp3) is 0.308. The van der Waals surface area contributed by atoms with Crippen LogP contribution in [0.1, 0.15) is 34.5 Å². The average Bonchev–Trinajstić information content (AvgIpc) is 3.37. The maximum atomic E-state index is 13.3. The average molecular weight is 475 g/mol. The molecular formula is C26H26N4O3S. The molecule has 2 aromatic carbocycles. The Bertz CT molecular complexity index is 1250. The normalized spacial score (nSPS) is 19.3. The fourth-order valence-corrected chi connectivity index (χ4v) is 5.46. The summed E-state index contributed by atoms with van der Waals surface area (Å²) in [5.74, 6) is -0.688. The first-order valence-electron chi connectivity index (χ1n) is 11.5. The van der Waals surface area contributed by atoms with Gasteiger partial charge in [0.2, 0.25) is 5.91 Å². The lowest BCUT2D eigenvalue weighted by molar-refractivity contribution is -0.135. The molecule has 5 rings (SSSR count). The quantitative estimate of drug-likeness (QED) is 0.535. The summed E-state index contributed by atoms with van der Waals surface area (Å²) in [5.41, 5.74) is 3.99. The third-order valence-corrected chi connectivity index (χ3v) is 7.33. The van der Waals surface area contributed by atoms with Crippen LogP contribution in [0, 0.1) is 6.92 Å². The van der Waals surface area contributed by atoms with Crippen molar-refractivity contribution in [3.63, 3.8) is 0 Å². The molecule has 0 saturated carbocycles. The maximum absolute atomic E-state index is 13.3. The van der Waals surface area contributed by atoms with Crippen LogP contribution in [0.2, 0.25) is 0 Å². The highest BCUT2D eigenvalue weighted by Gasteiger charge is 2.54. The molecule has 174 valence electrons. The summed E-state index contributed by atoms with van der Waals surface area (Å²) in [6.45, 7) is 2.13. The van der Waals surface area contributed by atoms with Gasteiger partial charge >= 0.3 is 6.03 Å². The number of carbonyl (C=O) groups is 3. The van der Waals surface area contributed by atoms with Gasteiger partial charge in [0.1, 0.15) is 12.1 Å². The Kier molecular flexibility index (Phi) is 5.91. The first-order chi connectivity index (χ1) is 16.5. The van der Waals surface area contributed by atoms with Crippen molar-refractivity contribution in [3.05, 3.63) is 75.6 Å². The molecule has 1 fully saturated rings. The van der Waals surface area contributed by atoms with Gasteiger partial charge in [0.15, 0.2) is 0 Å². The lowest BCUT2D eigenvalue weighted by Gasteiger charge is -2.33. The molecule has 2 N–H and O–H groups in total. The van der Waals surface area contributed by atoms with Crippen LogP contribution >= 0.6 is 11.3 Å². The number of hydrogen-bond donors (Lipinski definition) is 2. The van der Waals surface area contributed by atoms with E-state index in [1.165, 1.54) is 0 Å². The van der Waals surface area contributed by atoms with Gasteiger partial charge in [-0.3, -0.25) is 14.5 Å². The van der Waals surface area contributed by atoms with Crippen molar-refractivity contribution < 1.29 is 14.4 Å². The number of amides is 4. The molecule has 34 heavy (non-hydrogen) atoms. The maximum Gasteiger partial charge on any atom is 0.325 e. The Morgan fingerprint density at radius 1 is 1.18 bits per heavy atom. The summed E-state index contributed by atoms with van der Waals surface area (Å²) in [4.78, 5) is 44.0. The summed E-state index contributed by atoms with van der Waals surface area (Å²) in [5, 5.41) is 8.79. The standard InChI is InChI=1S/C26H26N4O3S/c1-17-28-22(16-34-17)20-10-8-18(9-11-20)12-14-27-23(31)15-30-24(32)26(29-25(30)33)13-4-6-19-5-2-3-7-21(19)26/h2-3,5,7-11,16H,4,6,12-15H2,1H3,(H,27,31)(H,29,33). The Balaban J connectivity index is 1.17. The zero-order valence-electron chi connectivity index (χ0n) is 19.0. The van der Waals surface area contributed by atoms with Crippen LogP contribution in [0.15, 0.2) is 53.9 Å². The van der Waals surface area contributed by atoms with Crippen molar-refractivity contribution in [1.82, 2.24) is 20.5 Å². The SMILES string of the molecule is Cc1nc(-c2ccc(CCNC(=O)CN3C(=O)NC4(CCCc5ccccc54)C3=O)cc2)cs1. The molecule has 0 bridgehead atoms. The number of imide groups is 1. The minimum absolute atomic E-state index is 0.281. The van der Waals surface area contributed by atoms with Crippen LogP contribution in [0.4, 0.5) is 4.79 Å². The molecule has 0 radical (unpaired) electrons. The highest BCUT2D eigenvalue weighted by atomic mass is 32.1. The van der Waals surface area contributed by atoms with E-state index in [-0.39, 0.29) is 18.4 Å². The Labute approximate surface area is 202 Å². The zero-order chi connectivity index (χ0) is 23.7. The second-order valence-electron chi connectivity index (χ2n) is 8.79. The van der Waals surface area contributed by atoms with Crippen molar-refractivity contribution in [2.75, 3.05) is 13.1 Å². The monoisotopic (exact) mass is 474 g/mol. The number of thiazole rings is 1. The van der Waals surface area contributed by atoms with Gasteiger partial charge in [-0.2, -0.15) is 0 Å². The lowest BCUT2D eigenvalue weighted by Crippen LogP contribution is -2.47. The third-order valence-electron chi connectivity index (χ3n) is 6.56. The van der Waals surface area contributed by atoms with Gasteiger partial charge in [-0.05, 0) is 49.3 Å². The third kappa shape index (κ3) is 4.09. The molecule has 1 atom stereocenters. The van der Waals surface area contributed by atoms with Crippen molar-refractivity contribution in [1.29, 1.82) is 0 Å². The van der Waals surface area contributed by atoms with Crippen molar-refractivity contribution in [2.24, 2.45) is 0 Å². The summed E-state index contributed by atoms with van der Waals surface area (Å²) < 4.78 is 0. The molecule has 7 nitrogen and oxygen atoms in total. The number of aryl methyl sites for hydroxylation is 2. The van der Waals surface area contributed by atoms with E-state index in [9.17, 15) is 14.4 Å². The number of benzene rings is 2. The molecule has 4 amide bonds. The Morgan fingerprint density at radius 2 is 1.97 bits per heavy atom. The molecule has 1 aliphatic carbocycles.